The van der Waals surface area contributed by atoms with Crippen LogP contribution in [-0.2, 0) is 4.74 Å². The maximum Gasteiger partial charge on any atom is 0.412 e. The molecule has 1 fully saturated rings. The summed E-state index contributed by atoms with van der Waals surface area (Å²) in [5, 5.41) is 13.6. The zero-order valence-corrected chi connectivity index (χ0v) is 14.4. The zero-order chi connectivity index (χ0) is 17.6. The third kappa shape index (κ3) is 4.57. The Hall–Kier alpha value is -2.87. The summed E-state index contributed by atoms with van der Waals surface area (Å²) >= 11 is 0. The van der Waals surface area contributed by atoms with Gasteiger partial charge in [0.25, 0.3) is 0 Å². The van der Waals surface area contributed by atoms with E-state index in [1.807, 2.05) is 12.1 Å². The van der Waals surface area contributed by atoms with E-state index in [4.69, 9.17) is 0 Å². The first-order chi connectivity index (χ1) is 12.1. The van der Waals surface area contributed by atoms with Crippen LogP contribution in [0.25, 0.3) is 0 Å². The summed E-state index contributed by atoms with van der Waals surface area (Å²) < 4.78 is 4.51. The molecule has 8 heteroatoms. The molecule has 0 unspecified atom stereocenters. The number of rotatable bonds is 4. The van der Waals surface area contributed by atoms with Gasteiger partial charge in [0.05, 0.1) is 7.11 Å². The summed E-state index contributed by atoms with van der Waals surface area (Å²) in [6, 6.07) is 11.7. The predicted molar refractivity (Wildman–Crippen MR) is 97.5 cm³/mol. The molecule has 1 aromatic carbocycles. The van der Waals surface area contributed by atoms with Crippen LogP contribution in [0.3, 0.4) is 0 Å². The van der Waals surface area contributed by atoms with E-state index in [0.29, 0.717) is 11.6 Å². The molecule has 0 saturated carbocycles. The summed E-state index contributed by atoms with van der Waals surface area (Å²) in [7, 11) is 3.45. The molecule has 8 nitrogen and oxygen atoms in total. The summed E-state index contributed by atoms with van der Waals surface area (Å²) in [6.07, 6.45) is -0.575. The van der Waals surface area contributed by atoms with Crippen LogP contribution in [-0.4, -0.2) is 61.5 Å². The molecule has 1 aliphatic rings. The molecule has 2 heterocycles. The van der Waals surface area contributed by atoms with Crippen molar-refractivity contribution in [1.82, 2.24) is 15.1 Å². The second kappa shape index (κ2) is 7.80. The number of hydrogen-bond acceptors (Lipinski definition) is 7. The lowest BCUT2D eigenvalue weighted by Gasteiger charge is -2.34. The van der Waals surface area contributed by atoms with E-state index in [9.17, 15) is 4.79 Å². The number of piperazine rings is 1. The van der Waals surface area contributed by atoms with Crippen LogP contribution >= 0.6 is 0 Å². The Bertz CT molecular complexity index is 696. The van der Waals surface area contributed by atoms with Gasteiger partial charge >= 0.3 is 6.09 Å². The fourth-order valence-electron chi connectivity index (χ4n) is 2.59. The Morgan fingerprint density at radius 3 is 2.24 bits per heavy atom. The van der Waals surface area contributed by atoms with Crippen molar-refractivity contribution in [2.24, 2.45) is 0 Å². The smallest absolute Gasteiger partial charge is 0.412 e. The molecule has 25 heavy (non-hydrogen) atoms. The summed E-state index contributed by atoms with van der Waals surface area (Å²) in [4.78, 5) is 15.8. The van der Waals surface area contributed by atoms with Crippen LogP contribution in [0.2, 0.25) is 0 Å². The number of likely N-dealkylation sites (N-methyl/N-ethyl adjacent to an activating group) is 1. The van der Waals surface area contributed by atoms with Gasteiger partial charge in [0.15, 0.2) is 11.6 Å². The van der Waals surface area contributed by atoms with E-state index in [1.54, 1.807) is 12.1 Å². The number of carbonyl (C=O) groups is 1. The van der Waals surface area contributed by atoms with Crippen LogP contribution in [0.1, 0.15) is 0 Å². The number of carbonyl (C=O) groups excluding carboxylic acids is 1. The van der Waals surface area contributed by atoms with Gasteiger partial charge in [-0.25, -0.2) is 4.79 Å². The van der Waals surface area contributed by atoms with Crippen LogP contribution < -0.4 is 15.5 Å². The van der Waals surface area contributed by atoms with Crippen LogP contribution in [0.4, 0.5) is 27.8 Å². The van der Waals surface area contributed by atoms with Gasteiger partial charge < -0.3 is 19.9 Å². The second-order valence-electron chi connectivity index (χ2n) is 5.88. The van der Waals surface area contributed by atoms with Crippen LogP contribution in [0, 0.1) is 0 Å². The van der Waals surface area contributed by atoms with Crippen LogP contribution in [0.15, 0.2) is 36.4 Å². The lowest BCUT2D eigenvalue weighted by Crippen LogP contribution is -2.44. The largest absolute Gasteiger partial charge is 0.453 e. The number of amides is 1. The molecular formula is C17H22N6O2. The highest BCUT2D eigenvalue weighted by molar-refractivity contribution is 5.83. The minimum Gasteiger partial charge on any atom is -0.453 e. The minimum atomic E-state index is -0.575. The zero-order valence-electron chi connectivity index (χ0n) is 14.4. The number of nitrogens with zero attached hydrogens (tertiary/aromatic N) is 4. The standard InChI is InChI=1S/C17H22N6O2/c1-22-9-11-23(12-10-22)14-5-3-13(4-6-14)18-15-7-8-16(21-20-15)19-17(24)25-2/h3-8H,9-12H2,1-2H3,(H,18,20)(H,19,21,24). The molecule has 132 valence electrons. The van der Waals surface area contributed by atoms with Gasteiger partial charge in [0.1, 0.15) is 0 Å². The lowest BCUT2D eigenvalue weighted by atomic mass is 10.2. The molecule has 1 aromatic heterocycles. The maximum absolute atomic E-state index is 11.1. The van der Waals surface area contributed by atoms with Gasteiger partial charge in [-0.3, -0.25) is 5.32 Å². The van der Waals surface area contributed by atoms with Gasteiger partial charge in [-0.05, 0) is 43.4 Å². The fourth-order valence-corrected chi connectivity index (χ4v) is 2.59. The molecule has 1 aliphatic heterocycles. The van der Waals surface area contributed by atoms with Crippen molar-refractivity contribution < 1.29 is 9.53 Å². The number of benzene rings is 1. The molecular weight excluding hydrogens is 320 g/mol. The van der Waals surface area contributed by atoms with Crippen molar-refractivity contribution in [1.29, 1.82) is 0 Å². The molecule has 0 radical (unpaired) electrons. The Balaban J connectivity index is 1.58. The van der Waals surface area contributed by atoms with E-state index in [-0.39, 0.29) is 0 Å². The SMILES string of the molecule is COC(=O)Nc1ccc(Nc2ccc(N3CCN(C)CC3)cc2)nn1. The van der Waals surface area contributed by atoms with Crippen molar-refractivity contribution in [2.45, 2.75) is 0 Å². The Labute approximate surface area is 146 Å². The number of aromatic nitrogens is 2. The first-order valence-electron chi connectivity index (χ1n) is 8.13. The number of methoxy groups -OCH3 is 1. The molecule has 0 aliphatic carbocycles. The van der Waals surface area contributed by atoms with Gasteiger partial charge in [0.2, 0.25) is 0 Å². The second-order valence-corrected chi connectivity index (χ2v) is 5.88. The maximum atomic E-state index is 11.1. The summed E-state index contributed by atoms with van der Waals surface area (Å²) in [5.74, 6) is 0.936. The topological polar surface area (TPSA) is 82.6 Å². The highest BCUT2D eigenvalue weighted by atomic mass is 16.5. The lowest BCUT2D eigenvalue weighted by molar-refractivity contribution is 0.187. The normalized spacial score (nSPS) is 14.9. The molecule has 0 atom stereocenters. The molecule has 2 aromatic rings. The summed E-state index contributed by atoms with van der Waals surface area (Å²) in [5.41, 5.74) is 2.16. The van der Waals surface area contributed by atoms with Crippen molar-refractivity contribution in [3.63, 3.8) is 0 Å². The molecule has 1 amide bonds. The number of nitrogens with one attached hydrogen (secondary N) is 2. The molecule has 2 N–H and O–H groups in total. The van der Waals surface area contributed by atoms with E-state index >= 15 is 0 Å². The molecule has 0 spiro atoms. The van der Waals surface area contributed by atoms with E-state index < -0.39 is 6.09 Å². The van der Waals surface area contributed by atoms with E-state index in [2.05, 4.69) is 54.5 Å². The number of hydrogen-bond donors (Lipinski definition) is 2. The first-order valence-corrected chi connectivity index (χ1v) is 8.13. The van der Waals surface area contributed by atoms with Crippen molar-refractivity contribution in [2.75, 3.05) is 55.9 Å². The quantitative estimate of drug-likeness (QED) is 0.881. The first kappa shape index (κ1) is 17.0. The number of ether oxygens (including phenoxy) is 1. The third-order valence-corrected chi connectivity index (χ3v) is 4.09. The minimum absolute atomic E-state index is 0.336. The van der Waals surface area contributed by atoms with Crippen molar-refractivity contribution in [3.8, 4) is 0 Å². The van der Waals surface area contributed by atoms with Gasteiger partial charge in [-0.15, -0.1) is 10.2 Å². The highest BCUT2D eigenvalue weighted by Gasteiger charge is 2.14. The van der Waals surface area contributed by atoms with Crippen molar-refractivity contribution in [3.05, 3.63) is 36.4 Å². The Kier molecular flexibility index (Phi) is 5.30. The van der Waals surface area contributed by atoms with Gasteiger partial charge in [0, 0.05) is 37.6 Å². The molecule has 1 saturated heterocycles. The Morgan fingerprint density at radius 1 is 1.00 bits per heavy atom. The fraction of sp³-hybridized carbons (Fsp3) is 0.353. The van der Waals surface area contributed by atoms with Gasteiger partial charge in [-0.2, -0.15) is 0 Å². The predicted octanol–water partition coefficient (Wildman–Crippen LogP) is 2.15. The third-order valence-electron chi connectivity index (χ3n) is 4.09. The highest BCUT2D eigenvalue weighted by Crippen LogP contribution is 2.21. The van der Waals surface area contributed by atoms with Crippen LogP contribution in [0.5, 0.6) is 0 Å². The average molecular weight is 342 g/mol. The average Bonchev–Trinajstić information content (AvgIpc) is 2.64. The van der Waals surface area contributed by atoms with Crippen molar-refractivity contribution >= 4 is 29.1 Å². The summed E-state index contributed by atoms with van der Waals surface area (Å²) in [6.45, 7) is 4.26. The van der Waals surface area contributed by atoms with Gasteiger partial charge in [-0.1, -0.05) is 0 Å². The number of anilines is 4. The molecule has 3 rings (SSSR count). The van der Waals surface area contributed by atoms with E-state index in [1.165, 1.54) is 12.8 Å². The Morgan fingerprint density at radius 2 is 1.64 bits per heavy atom. The van der Waals surface area contributed by atoms with E-state index in [0.717, 1.165) is 31.9 Å². The monoisotopic (exact) mass is 342 g/mol. The molecule has 0 bridgehead atoms.